The van der Waals surface area contributed by atoms with Gasteiger partial charge in [-0.1, -0.05) is 17.7 Å². The van der Waals surface area contributed by atoms with Gasteiger partial charge in [0.25, 0.3) is 5.91 Å². The molecule has 0 N–H and O–H groups in total. The van der Waals surface area contributed by atoms with E-state index in [0.29, 0.717) is 5.56 Å². The van der Waals surface area contributed by atoms with Crippen molar-refractivity contribution < 1.29 is 9.21 Å². The lowest BCUT2D eigenvalue weighted by Crippen LogP contribution is -2.25. The first-order valence-corrected chi connectivity index (χ1v) is 5.55. The molecule has 4 heteroatoms. The topological polar surface area (TPSA) is 33.5 Å². The van der Waals surface area contributed by atoms with Crippen LogP contribution in [0.1, 0.15) is 15.9 Å². The van der Waals surface area contributed by atoms with Crippen molar-refractivity contribution in [2.75, 3.05) is 11.9 Å². The number of carbonyl (C=O) groups is 1. The molecule has 1 heterocycles. The minimum Gasteiger partial charge on any atom is -0.452 e. The molecule has 0 spiro atoms. The van der Waals surface area contributed by atoms with Gasteiger partial charge in [0.05, 0.1) is 11.8 Å². The molecule has 0 saturated carbocycles. The van der Waals surface area contributed by atoms with Gasteiger partial charge >= 0.3 is 0 Å². The molecular weight excluding hydrogens is 238 g/mol. The van der Waals surface area contributed by atoms with E-state index >= 15 is 0 Å². The quantitative estimate of drug-likeness (QED) is 0.816. The highest BCUT2D eigenvalue weighted by atomic mass is 35.5. The van der Waals surface area contributed by atoms with Crippen LogP contribution in [0.25, 0.3) is 0 Å². The maximum Gasteiger partial charge on any atom is 0.262 e. The zero-order valence-corrected chi connectivity index (χ0v) is 10.4. The Balaban J connectivity index is 2.26. The van der Waals surface area contributed by atoms with Crippen LogP contribution in [0.15, 0.2) is 41.0 Å². The van der Waals surface area contributed by atoms with Crippen molar-refractivity contribution in [2.45, 2.75) is 6.92 Å². The summed E-state index contributed by atoms with van der Waals surface area (Å²) in [5.41, 5.74) is 2.34. The Morgan fingerprint density at radius 2 is 1.88 bits per heavy atom. The zero-order valence-electron chi connectivity index (χ0n) is 9.61. The van der Waals surface area contributed by atoms with Crippen molar-refractivity contribution in [2.24, 2.45) is 0 Å². The number of aryl methyl sites for hydroxylation is 1. The Labute approximate surface area is 105 Å². The summed E-state index contributed by atoms with van der Waals surface area (Å²) in [6.45, 7) is 2.00. The second-order valence-corrected chi connectivity index (χ2v) is 4.15. The molecule has 3 nitrogen and oxygen atoms in total. The number of rotatable bonds is 2. The molecule has 17 heavy (non-hydrogen) atoms. The van der Waals surface area contributed by atoms with Crippen molar-refractivity contribution >= 4 is 23.2 Å². The molecule has 2 aromatic rings. The maximum absolute atomic E-state index is 12.1. The molecule has 0 atom stereocenters. The summed E-state index contributed by atoms with van der Waals surface area (Å²) >= 11 is 5.78. The molecule has 1 aromatic carbocycles. The fraction of sp³-hybridized carbons (Fsp3) is 0.154. The number of hydrogen-bond acceptors (Lipinski definition) is 2. The molecule has 0 aliphatic carbocycles. The molecule has 0 aliphatic heterocycles. The fourth-order valence-electron chi connectivity index (χ4n) is 1.51. The average molecular weight is 250 g/mol. The van der Waals surface area contributed by atoms with Crippen LogP contribution in [-0.4, -0.2) is 13.0 Å². The summed E-state index contributed by atoms with van der Waals surface area (Å²) in [5, 5.41) is 0.119. The Bertz CT molecular complexity index is 531. The number of halogens is 1. The van der Waals surface area contributed by atoms with E-state index in [1.807, 2.05) is 31.2 Å². The summed E-state index contributed by atoms with van der Waals surface area (Å²) in [6.07, 6.45) is 1.40. The molecule has 2 rings (SSSR count). The van der Waals surface area contributed by atoms with Gasteiger partial charge in [0.2, 0.25) is 5.22 Å². The van der Waals surface area contributed by atoms with Crippen LogP contribution in [0.5, 0.6) is 0 Å². The second-order valence-electron chi connectivity index (χ2n) is 3.81. The van der Waals surface area contributed by atoms with E-state index in [4.69, 9.17) is 16.0 Å². The lowest BCUT2D eigenvalue weighted by Gasteiger charge is -2.16. The lowest BCUT2D eigenvalue weighted by atomic mass is 10.2. The van der Waals surface area contributed by atoms with Crippen LogP contribution < -0.4 is 4.90 Å². The lowest BCUT2D eigenvalue weighted by molar-refractivity contribution is 0.0992. The third-order valence-electron chi connectivity index (χ3n) is 2.57. The van der Waals surface area contributed by atoms with Crippen molar-refractivity contribution in [1.82, 2.24) is 0 Å². The predicted molar refractivity (Wildman–Crippen MR) is 67.6 cm³/mol. The molecule has 1 amide bonds. The third-order valence-corrected chi connectivity index (χ3v) is 2.87. The SMILES string of the molecule is Cc1ccc(N(C)C(=O)c2ccoc2Cl)cc1. The number of hydrogen-bond donors (Lipinski definition) is 0. The monoisotopic (exact) mass is 249 g/mol. The van der Waals surface area contributed by atoms with Gasteiger partial charge in [-0.15, -0.1) is 0 Å². The minimum absolute atomic E-state index is 0.119. The maximum atomic E-state index is 12.1. The van der Waals surface area contributed by atoms with Crippen LogP contribution in [-0.2, 0) is 0 Å². The Hall–Kier alpha value is -1.74. The van der Waals surface area contributed by atoms with Gasteiger partial charge in [0.15, 0.2) is 0 Å². The summed E-state index contributed by atoms with van der Waals surface area (Å²) in [5.74, 6) is -0.187. The first-order chi connectivity index (χ1) is 8.09. The van der Waals surface area contributed by atoms with E-state index in [2.05, 4.69) is 0 Å². The summed E-state index contributed by atoms with van der Waals surface area (Å²) in [6, 6.07) is 9.25. The highest BCUT2D eigenvalue weighted by Crippen LogP contribution is 2.21. The average Bonchev–Trinajstić information content (AvgIpc) is 2.74. The van der Waals surface area contributed by atoms with Crippen molar-refractivity contribution in [3.63, 3.8) is 0 Å². The van der Waals surface area contributed by atoms with Crippen LogP contribution in [0.2, 0.25) is 5.22 Å². The van der Waals surface area contributed by atoms with E-state index < -0.39 is 0 Å². The van der Waals surface area contributed by atoms with E-state index in [-0.39, 0.29) is 11.1 Å². The number of anilines is 1. The normalized spacial score (nSPS) is 10.3. The molecule has 0 fully saturated rings. The number of nitrogens with zero attached hydrogens (tertiary/aromatic N) is 1. The minimum atomic E-state index is -0.187. The van der Waals surface area contributed by atoms with E-state index in [1.54, 1.807) is 13.1 Å². The molecule has 1 aromatic heterocycles. The molecule has 0 bridgehead atoms. The largest absolute Gasteiger partial charge is 0.452 e. The van der Waals surface area contributed by atoms with Crippen molar-refractivity contribution in [1.29, 1.82) is 0 Å². The molecule has 0 aliphatic rings. The first kappa shape index (κ1) is 11.7. The van der Waals surface area contributed by atoms with Gasteiger partial charge in [-0.25, -0.2) is 0 Å². The van der Waals surface area contributed by atoms with E-state index in [0.717, 1.165) is 11.3 Å². The van der Waals surface area contributed by atoms with Gasteiger partial charge in [-0.3, -0.25) is 4.79 Å². The van der Waals surface area contributed by atoms with E-state index in [9.17, 15) is 4.79 Å². The van der Waals surface area contributed by atoms with Gasteiger partial charge < -0.3 is 9.32 Å². The molecule has 88 valence electrons. The highest BCUT2D eigenvalue weighted by Gasteiger charge is 2.18. The summed E-state index contributed by atoms with van der Waals surface area (Å²) in [7, 11) is 1.70. The molecule has 0 radical (unpaired) electrons. The Morgan fingerprint density at radius 1 is 1.24 bits per heavy atom. The number of furan rings is 1. The van der Waals surface area contributed by atoms with Crippen molar-refractivity contribution in [3.8, 4) is 0 Å². The zero-order chi connectivity index (χ0) is 12.4. The van der Waals surface area contributed by atoms with Crippen LogP contribution in [0.3, 0.4) is 0 Å². The number of benzene rings is 1. The third kappa shape index (κ3) is 2.34. The fourth-order valence-corrected chi connectivity index (χ4v) is 1.71. The Morgan fingerprint density at radius 3 is 2.41 bits per heavy atom. The predicted octanol–water partition coefficient (Wildman–Crippen LogP) is 3.52. The molecular formula is C13H12ClNO2. The Kier molecular flexibility index (Phi) is 3.20. The highest BCUT2D eigenvalue weighted by molar-refractivity contribution is 6.32. The van der Waals surface area contributed by atoms with Gasteiger partial charge in [-0.2, -0.15) is 0 Å². The molecule has 0 unspecified atom stereocenters. The van der Waals surface area contributed by atoms with Crippen molar-refractivity contribution in [3.05, 3.63) is 52.9 Å². The van der Waals surface area contributed by atoms with Gasteiger partial charge in [0, 0.05) is 12.7 Å². The van der Waals surface area contributed by atoms with Crippen LogP contribution >= 0.6 is 11.6 Å². The summed E-state index contributed by atoms with van der Waals surface area (Å²) in [4.78, 5) is 13.6. The number of carbonyl (C=O) groups excluding carboxylic acids is 1. The van der Waals surface area contributed by atoms with E-state index in [1.165, 1.54) is 11.2 Å². The first-order valence-electron chi connectivity index (χ1n) is 5.17. The van der Waals surface area contributed by atoms with Gasteiger partial charge in [0.1, 0.15) is 0 Å². The number of amides is 1. The van der Waals surface area contributed by atoms with Crippen LogP contribution in [0, 0.1) is 6.92 Å². The summed E-state index contributed by atoms with van der Waals surface area (Å²) < 4.78 is 4.91. The molecule has 0 saturated heterocycles. The van der Waals surface area contributed by atoms with Crippen LogP contribution in [0.4, 0.5) is 5.69 Å². The van der Waals surface area contributed by atoms with Gasteiger partial charge in [-0.05, 0) is 36.7 Å². The smallest absolute Gasteiger partial charge is 0.262 e. The standard InChI is InChI=1S/C13H12ClNO2/c1-9-3-5-10(6-4-9)15(2)13(16)11-7-8-17-12(11)14/h3-8H,1-2H3. The second kappa shape index (κ2) is 4.63.